The molecule has 2 amide bonds. The van der Waals surface area contributed by atoms with Crippen LogP contribution >= 0.6 is 11.3 Å². The van der Waals surface area contributed by atoms with Crippen LogP contribution in [0.15, 0.2) is 24.3 Å². The molecule has 1 N–H and O–H groups in total. The summed E-state index contributed by atoms with van der Waals surface area (Å²) in [5, 5.41) is 13.6. The van der Waals surface area contributed by atoms with E-state index in [1.165, 1.54) is 0 Å². The van der Waals surface area contributed by atoms with Gasteiger partial charge in [0, 0.05) is 30.6 Å². The number of carbonyl (C=O) groups is 1. The molecule has 1 aromatic heterocycles. The quantitative estimate of drug-likeness (QED) is 0.906. The average molecular weight is 360 g/mol. The molecule has 25 heavy (non-hydrogen) atoms. The molecule has 1 saturated heterocycles. The maximum atomic E-state index is 12.2. The molecule has 0 saturated carbocycles. The molecule has 1 aromatic carbocycles. The number of nitrogens with one attached hydrogen (secondary N) is 1. The van der Waals surface area contributed by atoms with Crippen LogP contribution in [0.25, 0.3) is 10.6 Å². The first kappa shape index (κ1) is 17.7. The molecule has 2 aromatic rings. The van der Waals surface area contributed by atoms with E-state index >= 15 is 0 Å². The predicted octanol–water partition coefficient (Wildman–Crippen LogP) is 3.51. The number of rotatable bonds is 4. The Labute approximate surface area is 152 Å². The molecule has 1 aliphatic rings. The van der Waals surface area contributed by atoms with Crippen LogP contribution in [0, 0.1) is 0 Å². The Bertz CT molecular complexity index is 714. The van der Waals surface area contributed by atoms with Gasteiger partial charge in [0.15, 0.2) is 0 Å². The molecule has 0 aliphatic carbocycles. The molecule has 1 unspecified atom stereocenters. The SMILES string of the molecule is COc1ccc(-c2nnc(C3CCCN(C(=O)NC(C)C)C3)s2)cc1. The standard InChI is InChI=1S/C18H24N4O2S/c1-12(2)19-18(23)22-10-4-5-14(11-22)17-21-20-16(25-17)13-6-8-15(24-3)9-7-13/h6-9,12,14H,4-5,10-11H2,1-3H3,(H,19,23). The summed E-state index contributed by atoms with van der Waals surface area (Å²) >= 11 is 1.61. The number of nitrogens with zero attached hydrogens (tertiary/aromatic N) is 3. The number of piperidine rings is 1. The highest BCUT2D eigenvalue weighted by molar-refractivity contribution is 7.14. The van der Waals surface area contributed by atoms with Gasteiger partial charge in [-0.15, -0.1) is 10.2 Å². The molecule has 0 spiro atoms. The predicted molar refractivity (Wildman–Crippen MR) is 99.1 cm³/mol. The molecule has 6 nitrogen and oxygen atoms in total. The van der Waals surface area contributed by atoms with Crippen molar-refractivity contribution in [3.63, 3.8) is 0 Å². The van der Waals surface area contributed by atoms with Crippen molar-refractivity contribution in [3.05, 3.63) is 29.3 Å². The molecule has 0 bridgehead atoms. The van der Waals surface area contributed by atoms with Crippen molar-refractivity contribution in [3.8, 4) is 16.3 Å². The number of ether oxygens (including phenoxy) is 1. The maximum Gasteiger partial charge on any atom is 0.317 e. The highest BCUT2D eigenvalue weighted by Gasteiger charge is 2.27. The Morgan fingerprint density at radius 2 is 2.08 bits per heavy atom. The van der Waals surface area contributed by atoms with Crippen LogP contribution in [0.1, 0.15) is 37.6 Å². The first-order chi connectivity index (χ1) is 12.1. The van der Waals surface area contributed by atoms with Gasteiger partial charge in [-0.25, -0.2) is 4.79 Å². The van der Waals surface area contributed by atoms with Gasteiger partial charge in [-0.1, -0.05) is 11.3 Å². The highest BCUT2D eigenvalue weighted by Crippen LogP contribution is 2.33. The Morgan fingerprint density at radius 3 is 2.76 bits per heavy atom. The van der Waals surface area contributed by atoms with Crippen molar-refractivity contribution in [2.45, 2.75) is 38.6 Å². The van der Waals surface area contributed by atoms with E-state index in [4.69, 9.17) is 4.74 Å². The summed E-state index contributed by atoms with van der Waals surface area (Å²) in [6.45, 7) is 5.46. The van der Waals surface area contributed by atoms with Gasteiger partial charge in [-0.05, 0) is 51.0 Å². The first-order valence-electron chi connectivity index (χ1n) is 8.60. The van der Waals surface area contributed by atoms with E-state index in [0.29, 0.717) is 6.54 Å². The van der Waals surface area contributed by atoms with Gasteiger partial charge in [-0.3, -0.25) is 0 Å². The fraction of sp³-hybridized carbons (Fsp3) is 0.500. The third kappa shape index (κ3) is 4.28. The second kappa shape index (κ2) is 7.82. The van der Waals surface area contributed by atoms with E-state index in [2.05, 4.69) is 15.5 Å². The zero-order valence-corrected chi connectivity index (χ0v) is 15.7. The fourth-order valence-electron chi connectivity index (χ4n) is 2.95. The minimum atomic E-state index is 0.0135. The van der Waals surface area contributed by atoms with Crippen LogP contribution in [0.2, 0.25) is 0 Å². The van der Waals surface area contributed by atoms with Crippen LogP contribution in [-0.4, -0.2) is 47.4 Å². The number of hydrogen-bond acceptors (Lipinski definition) is 5. The van der Waals surface area contributed by atoms with E-state index < -0.39 is 0 Å². The molecular formula is C18H24N4O2S. The van der Waals surface area contributed by atoms with Gasteiger partial charge in [0.05, 0.1) is 7.11 Å². The highest BCUT2D eigenvalue weighted by atomic mass is 32.1. The van der Waals surface area contributed by atoms with Crippen LogP contribution < -0.4 is 10.1 Å². The second-order valence-corrected chi connectivity index (χ2v) is 7.57. The summed E-state index contributed by atoms with van der Waals surface area (Å²) in [4.78, 5) is 14.1. The summed E-state index contributed by atoms with van der Waals surface area (Å²) < 4.78 is 5.19. The minimum absolute atomic E-state index is 0.0135. The molecule has 1 atom stereocenters. The molecule has 1 aliphatic heterocycles. The topological polar surface area (TPSA) is 67.4 Å². The van der Waals surface area contributed by atoms with Crippen molar-refractivity contribution in [1.82, 2.24) is 20.4 Å². The van der Waals surface area contributed by atoms with Gasteiger partial charge in [0.25, 0.3) is 0 Å². The van der Waals surface area contributed by atoms with Crippen molar-refractivity contribution >= 4 is 17.4 Å². The molecule has 0 radical (unpaired) electrons. The Morgan fingerprint density at radius 1 is 1.32 bits per heavy atom. The maximum absolute atomic E-state index is 12.2. The Balaban J connectivity index is 1.69. The fourth-order valence-corrected chi connectivity index (χ4v) is 3.93. The number of urea groups is 1. The second-order valence-electron chi connectivity index (χ2n) is 6.56. The van der Waals surface area contributed by atoms with Crippen molar-refractivity contribution in [2.75, 3.05) is 20.2 Å². The third-order valence-electron chi connectivity index (χ3n) is 4.25. The number of amides is 2. The molecular weight excluding hydrogens is 336 g/mol. The van der Waals surface area contributed by atoms with Crippen molar-refractivity contribution in [2.24, 2.45) is 0 Å². The van der Waals surface area contributed by atoms with E-state index in [1.54, 1.807) is 18.4 Å². The smallest absolute Gasteiger partial charge is 0.317 e. The minimum Gasteiger partial charge on any atom is -0.497 e. The lowest BCUT2D eigenvalue weighted by molar-refractivity contribution is 0.177. The number of likely N-dealkylation sites (tertiary alicyclic amines) is 1. The van der Waals surface area contributed by atoms with Gasteiger partial charge in [-0.2, -0.15) is 0 Å². The van der Waals surface area contributed by atoms with Crippen LogP contribution in [0.4, 0.5) is 4.79 Å². The molecule has 2 heterocycles. The summed E-state index contributed by atoms with van der Waals surface area (Å²) in [7, 11) is 1.66. The molecule has 7 heteroatoms. The monoisotopic (exact) mass is 360 g/mol. The van der Waals surface area contributed by atoms with Crippen molar-refractivity contribution < 1.29 is 9.53 Å². The van der Waals surface area contributed by atoms with Crippen molar-refractivity contribution in [1.29, 1.82) is 0 Å². The number of carbonyl (C=O) groups excluding carboxylic acids is 1. The van der Waals surface area contributed by atoms with Crippen LogP contribution in [-0.2, 0) is 0 Å². The van der Waals surface area contributed by atoms with E-state index in [-0.39, 0.29) is 18.0 Å². The van der Waals surface area contributed by atoms with E-state index in [9.17, 15) is 4.79 Å². The zero-order valence-electron chi connectivity index (χ0n) is 14.9. The molecule has 134 valence electrons. The lowest BCUT2D eigenvalue weighted by atomic mass is 9.99. The van der Waals surface area contributed by atoms with Gasteiger partial charge in [0.2, 0.25) is 0 Å². The summed E-state index contributed by atoms with van der Waals surface area (Å²) in [5.74, 6) is 1.09. The largest absolute Gasteiger partial charge is 0.497 e. The lowest BCUT2D eigenvalue weighted by Crippen LogP contribution is -2.46. The number of hydrogen-bond donors (Lipinski definition) is 1. The lowest BCUT2D eigenvalue weighted by Gasteiger charge is -2.32. The molecule has 1 fully saturated rings. The van der Waals surface area contributed by atoms with E-state index in [1.807, 2.05) is 43.0 Å². The van der Waals surface area contributed by atoms with Gasteiger partial charge >= 0.3 is 6.03 Å². The average Bonchev–Trinajstić information content (AvgIpc) is 3.11. The normalized spacial score (nSPS) is 17.6. The van der Waals surface area contributed by atoms with E-state index in [0.717, 1.165) is 40.7 Å². The van der Waals surface area contributed by atoms with Gasteiger partial charge in [0.1, 0.15) is 15.8 Å². The zero-order chi connectivity index (χ0) is 17.8. The summed E-state index contributed by atoms with van der Waals surface area (Å²) in [6.07, 6.45) is 2.04. The first-order valence-corrected chi connectivity index (χ1v) is 9.41. The Hall–Kier alpha value is -2.15. The van der Waals surface area contributed by atoms with Gasteiger partial charge < -0.3 is 15.0 Å². The summed E-state index contributed by atoms with van der Waals surface area (Å²) in [6, 6.07) is 8.00. The number of benzene rings is 1. The number of methoxy groups -OCH3 is 1. The van der Waals surface area contributed by atoms with Crippen LogP contribution in [0.3, 0.4) is 0 Å². The summed E-state index contributed by atoms with van der Waals surface area (Å²) in [5.41, 5.74) is 1.04. The van der Waals surface area contributed by atoms with Crippen LogP contribution in [0.5, 0.6) is 5.75 Å². The Kier molecular flexibility index (Phi) is 5.53. The number of aromatic nitrogens is 2. The third-order valence-corrected chi connectivity index (χ3v) is 5.38. The molecule has 3 rings (SSSR count).